The van der Waals surface area contributed by atoms with Crippen LogP contribution in [0, 0.1) is 17.5 Å². The van der Waals surface area contributed by atoms with Gasteiger partial charge in [0.25, 0.3) is 0 Å². The van der Waals surface area contributed by atoms with Gasteiger partial charge >= 0.3 is 5.97 Å². The van der Waals surface area contributed by atoms with Gasteiger partial charge in [0.15, 0.2) is 0 Å². The highest BCUT2D eigenvalue weighted by Gasteiger charge is 2.15. The van der Waals surface area contributed by atoms with Crippen LogP contribution in [0.1, 0.15) is 15.9 Å². The van der Waals surface area contributed by atoms with Crippen LogP contribution in [0.2, 0.25) is 0 Å². The average Bonchev–Trinajstić information content (AvgIpc) is 2.39. The summed E-state index contributed by atoms with van der Waals surface area (Å²) in [7, 11) is 0. The second kappa shape index (κ2) is 5.64. The molecule has 3 nitrogen and oxygen atoms in total. The molecular weight excluding hydrogens is 271 g/mol. The molecule has 0 bridgehead atoms. The van der Waals surface area contributed by atoms with E-state index in [1.165, 1.54) is 18.2 Å². The second-order valence-corrected chi connectivity index (χ2v) is 4.06. The topological polar surface area (TPSA) is 49.3 Å². The quantitative estimate of drug-likeness (QED) is 0.902. The van der Waals surface area contributed by atoms with Gasteiger partial charge in [0, 0.05) is 18.2 Å². The average molecular weight is 281 g/mol. The molecule has 2 aromatic carbocycles. The van der Waals surface area contributed by atoms with Crippen LogP contribution in [-0.4, -0.2) is 11.1 Å². The first-order valence-electron chi connectivity index (χ1n) is 5.68. The predicted molar refractivity (Wildman–Crippen MR) is 67.0 cm³/mol. The number of halogens is 3. The molecule has 0 heterocycles. The number of benzene rings is 2. The van der Waals surface area contributed by atoms with Gasteiger partial charge in [0.05, 0.1) is 11.3 Å². The number of carboxylic acids is 1. The van der Waals surface area contributed by atoms with Crippen LogP contribution in [-0.2, 0) is 6.54 Å². The first-order valence-corrected chi connectivity index (χ1v) is 5.68. The zero-order chi connectivity index (χ0) is 14.7. The van der Waals surface area contributed by atoms with E-state index in [1.807, 2.05) is 0 Å². The van der Waals surface area contributed by atoms with Crippen LogP contribution in [0.3, 0.4) is 0 Å². The summed E-state index contributed by atoms with van der Waals surface area (Å²) in [6.45, 7) is -0.0473. The molecule has 0 amide bonds. The Kier molecular flexibility index (Phi) is 3.93. The highest BCUT2D eigenvalue weighted by Crippen LogP contribution is 2.20. The van der Waals surface area contributed by atoms with Gasteiger partial charge in [-0.05, 0) is 12.1 Å². The van der Waals surface area contributed by atoms with Crippen molar-refractivity contribution >= 4 is 11.7 Å². The Balaban J connectivity index is 2.24. The molecular formula is C14H10F3NO2. The van der Waals surface area contributed by atoms with Crippen molar-refractivity contribution in [1.29, 1.82) is 0 Å². The lowest BCUT2D eigenvalue weighted by Gasteiger charge is -2.10. The van der Waals surface area contributed by atoms with Gasteiger partial charge < -0.3 is 10.4 Å². The standard InChI is InChI=1S/C14H10F3NO2/c15-10-4-2-1-3-8(10)7-18-13-5-9(14(19)20)11(16)6-12(13)17/h1-6,18H,7H2,(H,19,20). The van der Waals surface area contributed by atoms with Crippen LogP contribution >= 0.6 is 0 Å². The number of nitrogens with one attached hydrogen (secondary N) is 1. The van der Waals surface area contributed by atoms with Crippen LogP contribution < -0.4 is 5.32 Å². The summed E-state index contributed by atoms with van der Waals surface area (Å²) in [5.41, 5.74) is -0.567. The van der Waals surface area contributed by atoms with Crippen molar-refractivity contribution in [3.05, 3.63) is 65.0 Å². The fraction of sp³-hybridized carbons (Fsp3) is 0.0714. The molecule has 0 aliphatic carbocycles. The van der Waals surface area contributed by atoms with Crippen molar-refractivity contribution in [3.63, 3.8) is 0 Å². The molecule has 104 valence electrons. The summed E-state index contributed by atoms with van der Waals surface area (Å²) in [6, 6.07) is 7.20. The van der Waals surface area contributed by atoms with Crippen molar-refractivity contribution in [2.45, 2.75) is 6.54 Å². The maximum absolute atomic E-state index is 13.5. The van der Waals surface area contributed by atoms with Crippen molar-refractivity contribution in [2.75, 3.05) is 5.32 Å². The minimum Gasteiger partial charge on any atom is -0.478 e. The van der Waals surface area contributed by atoms with Gasteiger partial charge in [-0.2, -0.15) is 0 Å². The molecule has 6 heteroatoms. The van der Waals surface area contributed by atoms with Crippen LogP contribution in [0.4, 0.5) is 18.9 Å². The third-order valence-electron chi connectivity index (χ3n) is 2.71. The van der Waals surface area contributed by atoms with Crippen molar-refractivity contribution in [1.82, 2.24) is 0 Å². The smallest absolute Gasteiger partial charge is 0.338 e. The fourth-order valence-electron chi connectivity index (χ4n) is 1.68. The lowest BCUT2D eigenvalue weighted by molar-refractivity contribution is 0.0692. The van der Waals surface area contributed by atoms with Crippen LogP contribution in [0.15, 0.2) is 36.4 Å². The van der Waals surface area contributed by atoms with Crippen LogP contribution in [0.5, 0.6) is 0 Å². The Morgan fingerprint density at radius 2 is 1.75 bits per heavy atom. The van der Waals surface area contributed by atoms with E-state index in [1.54, 1.807) is 6.07 Å². The van der Waals surface area contributed by atoms with Crippen molar-refractivity contribution in [3.8, 4) is 0 Å². The first-order chi connectivity index (χ1) is 9.49. The number of anilines is 1. The van der Waals surface area contributed by atoms with E-state index in [9.17, 15) is 18.0 Å². The molecule has 0 saturated heterocycles. The van der Waals surface area contributed by atoms with E-state index in [0.717, 1.165) is 6.07 Å². The van der Waals surface area contributed by atoms with Gasteiger partial charge in [-0.3, -0.25) is 0 Å². The predicted octanol–water partition coefficient (Wildman–Crippen LogP) is 3.41. The molecule has 2 N–H and O–H groups in total. The summed E-state index contributed by atoms with van der Waals surface area (Å²) >= 11 is 0. The van der Waals surface area contributed by atoms with Crippen molar-refractivity contribution < 1.29 is 23.1 Å². The molecule has 0 aliphatic heterocycles. The number of hydrogen-bond donors (Lipinski definition) is 2. The van der Waals surface area contributed by atoms with E-state index in [4.69, 9.17) is 5.11 Å². The molecule has 0 unspecified atom stereocenters. The maximum Gasteiger partial charge on any atom is 0.338 e. The zero-order valence-electron chi connectivity index (χ0n) is 10.2. The lowest BCUT2D eigenvalue weighted by atomic mass is 10.1. The number of carboxylic acid groups (broad SMARTS) is 1. The summed E-state index contributed by atoms with van der Waals surface area (Å²) in [5, 5.41) is 11.3. The lowest BCUT2D eigenvalue weighted by Crippen LogP contribution is -2.07. The Morgan fingerprint density at radius 3 is 2.40 bits per heavy atom. The maximum atomic E-state index is 13.5. The highest BCUT2D eigenvalue weighted by molar-refractivity contribution is 5.89. The van der Waals surface area contributed by atoms with Gasteiger partial charge in [-0.1, -0.05) is 18.2 Å². The Hall–Kier alpha value is -2.50. The molecule has 0 saturated carbocycles. The molecule has 0 fully saturated rings. The molecule has 2 rings (SSSR count). The summed E-state index contributed by atoms with van der Waals surface area (Å²) < 4.78 is 40.1. The van der Waals surface area contributed by atoms with Gasteiger partial charge in [0.1, 0.15) is 17.5 Å². The van der Waals surface area contributed by atoms with Gasteiger partial charge in [-0.15, -0.1) is 0 Å². The van der Waals surface area contributed by atoms with Crippen LogP contribution in [0.25, 0.3) is 0 Å². The van der Waals surface area contributed by atoms with E-state index in [2.05, 4.69) is 5.32 Å². The molecule has 0 spiro atoms. The monoisotopic (exact) mass is 281 g/mol. The third kappa shape index (κ3) is 2.90. The normalized spacial score (nSPS) is 10.3. The molecule has 0 aliphatic rings. The van der Waals surface area contributed by atoms with E-state index in [-0.39, 0.29) is 17.8 Å². The summed E-state index contributed by atoms with van der Waals surface area (Å²) in [6.07, 6.45) is 0. The molecule has 0 atom stereocenters. The third-order valence-corrected chi connectivity index (χ3v) is 2.71. The molecule has 2 aromatic rings. The van der Waals surface area contributed by atoms with Crippen molar-refractivity contribution in [2.24, 2.45) is 0 Å². The Bertz CT molecular complexity index is 659. The molecule has 0 aromatic heterocycles. The largest absolute Gasteiger partial charge is 0.478 e. The zero-order valence-corrected chi connectivity index (χ0v) is 10.2. The minimum absolute atomic E-state index is 0.0473. The number of rotatable bonds is 4. The molecule has 20 heavy (non-hydrogen) atoms. The van der Waals surface area contributed by atoms with E-state index >= 15 is 0 Å². The minimum atomic E-state index is -1.50. The molecule has 0 radical (unpaired) electrons. The number of hydrogen-bond acceptors (Lipinski definition) is 2. The SMILES string of the molecule is O=C(O)c1cc(NCc2ccccc2F)c(F)cc1F. The summed E-state index contributed by atoms with van der Waals surface area (Å²) in [5.74, 6) is -4.08. The van der Waals surface area contributed by atoms with E-state index < -0.39 is 29.0 Å². The summed E-state index contributed by atoms with van der Waals surface area (Å²) in [4.78, 5) is 10.8. The second-order valence-electron chi connectivity index (χ2n) is 4.06. The first kappa shape index (κ1) is 13.9. The van der Waals surface area contributed by atoms with Gasteiger partial charge in [-0.25, -0.2) is 18.0 Å². The Morgan fingerprint density at radius 1 is 1.05 bits per heavy atom. The number of carbonyl (C=O) groups is 1. The Labute approximate surface area is 112 Å². The fourth-order valence-corrected chi connectivity index (χ4v) is 1.68. The van der Waals surface area contributed by atoms with Gasteiger partial charge in [0.2, 0.25) is 0 Å². The highest BCUT2D eigenvalue weighted by atomic mass is 19.1. The van der Waals surface area contributed by atoms with E-state index in [0.29, 0.717) is 6.07 Å². The number of aromatic carboxylic acids is 1.